The molecule has 3 aromatic heterocycles. The topological polar surface area (TPSA) is 136 Å². The van der Waals surface area contributed by atoms with Gasteiger partial charge in [-0.1, -0.05) is 48.5 Å². The Morgan fingerprint density at radius 1 is 0.961 bits per heavy atom. The molecule has 0 unspecified atom stereocenters. The van der Waals surface area contributed by atoms with Gasteiger partial charge in [0.1, 0.15) is 18.1 Å². The van der Waals surface area contributed by atoms with Crippen molar-refractivity contribution in [3.05, 3.63) is 88.0 Å². The first-order chi connectivity index (χ1) is 24.4. The molecule has 2 aromatic carbocycles. The number of amides is 2. The maximum absolute atomic E-state index is 14.7. The second-order valence-corrected chi connectivity index (χ2v) is 14.7. The van der Waals surface area contributed by atoms with E-state index in [-0.39, 0.29) is 30.1 Å². The fraction of sp³-hybridized carbons (Fsp3) is 0.405. The molecule has 51 heavy (non-hydrogen) atoms. The summed E-state index contributed by atoms with van der Waals surface area (Å²) in [5.41, 5.74) is 7.85. The summed E-state index contributed by atoms with van der Waals surface area (Å²) in [6.07, 6.45) is 0.732. The molecule has 0 radical (unpaired) electrons. The number of sulfonamides is 1. The highest BCUT2D eigenvalue weighted by molar-refractivity contribution is 7.93. The van der Waals surface area contributed by atoms with Crippen molar-refractivity contribution in [3.63, 3.8) is 0 Å². The van der Waals surface area contributed by atoms with Crippen LogP contribution in [0.4, 0.5) is 10.7 Å². The van der Waals surface area contributed by atoms with Crippen LogP contribution >= 0.6 is 0 Å². The van der Waals surface area contributed by atoms with Gasteiger partial charge in [-0.25, -0.2) is 27.5 Å². The molecule has 0 atom stereocenters. The molecule has 1 aliphatic heterocycles. The quantitative estimate of drug-likeness (QED) is 0.106. The number of hydrogen-bond donors (Lipinski definition) is 0. The average molecular weight is 716 g/mol. The Kier molecular flexibility index (Phi) is 10.5. The lowest BCUT2D eigenvalue weighted by Crippen LogP contribution is -2.34. The number of fused-ring (bicyclic) bond motifs is 1. The molecule has 270 valence electrons. The van der Waals surface area contributed by atoms with Crippen LogP contribution in [0.15, 0.2) is 57.9 Å². The van der Waals surface area contributed by atoms with Gasteiger partial charge in [0.25, 0.3) is 10.0 Å². The van der Waals surface area contributed by atoms with E-state index in [2.05, 4.69) is 22.7 Å². The van der Waals surface area contributed by atoms with Crippen LogP contribution in [-0.2, 0) is 39.0 Å². The number of nitrogens with zero attached hydrogens (tertiary/aromatic N) is 7. The number of urea groups is 1. The largest absolute Gasteiger partial charge is 0.382 e. The second-order valence-electron chi connectivity index (χ2n) is 12.9. The van der Waals surface area contributed by atoms with E-state index in [0.29, 0.717) is 55.2 Å². The third-order valence-electron chi connectivity index (χ3n) is 9.34. The number of carbonyl (C=O) groups excluding carboxylic acids is 1. The van der Waals surface area contributed by atoms with Crippen LogP contribution in [0.3, 0.4) is 0 Å². The van der Waals surface area contributed by atoms with E-state index in [9.17, 15) is 13.2 Å². The summed E-state index contributed by atoms with van der Waals surface area (Å²) in [6, 6.07) is 14.9. The lowest BCUT2D eigenvalue weighted by molar-refractivity contribution is 0.0744. The minimum atomic E-state index is -4.26. The first kappa shape index (κ1) is 36.0. The van der Waals surface area contributed by atoms with E-state index in [1.807, 2.05) is 38.1 Å². The molecular weight excluding hydrogens is 671 g/mol. The summed E-state index contributed by atoms with van der Waals surface area (Å²) in [5.74, 6) is 1.01. The van der Waals surface area contributed by atoms with Crippen molar-refractivity contribution in [2.75, 3.05) is 51.5 Å². The van der Waals surface area contributed by atoms with E-state index in [4.69, 9.17) is 24.0 Å². The Hall–Kier alpha value is -4.79. The fourth-order valence-electron chi connectivity index (χ4n) is 6.46. The molecule has 14 heteroatoms. The SMILES string of the molecule is CCc1nc2c(C)cc(C)nc2n1Cc1ccc(-c2ccccc2S(=O)(=O)N(COCCOC)c2onc(C)c2C)c(CN2CCN(C)C2=O)c1. The van der Waals surface area contributed by atoms with Crippen LogP contribution in [0.2, 0.25) is 0 Å². The van der Waals surface area contributed by atoms with Gasteiger partial charge in [0.05, 0.1) is 30.3 Å². The summed E-state index contributed by atoms with van der Waals surface area (Å²) < 4.78 is 49.0. The molecule has 1 saturated heterocycles. The third-order valence-corrected chi connectivity index (χ3v) is 11.1. The van der Waals surface area contributed by atoms with Gasteiger partial charge in [-0.2, -0.15) is 0 Å². The number of imidazole rings is 1. The van der Waals surface area contributed by atoms with E-state index in [1.165, 1.54) is 0 Å². The lowest BCUT2D eigenvalue weighted by atomic mass is 9.96. The normalized spacial score (nSPS) is 13.6. The summed E-state index contributed by atoms with van der Waals surface area (Å²) in [7, 11) is -0.929. The maximum Gasteiger partial charge on any atom is 0.320 e. The number of pyridine rings is 1. The van der Waals surface area contributed by atoms with Crippen molar-refractivity contribution < 1.29 is 27.2 Å². The average Bonchev–Trinajstić information content (AvgIpc) is 3.74. The third kappa shape index (κ3) is 7.08. The van der Waals surface area contributed by atoms with Crippen LogP contribution in [-0.4, -0.2) is 91.1 Å². The van der Waals surface area contributed by atoms with Crippen molar-refractivity contribution >= 4 is 33.1 Å². The van der Waals surface area contributed by atoms with E-state index < -0.39 is 10.0 Å². The van der Waals surface area contributed by atoms with Gasteiger partial charge in [-0.15, -0.1) is 0 Å². The number of hydrogen-bond acceptors (Lipinski definition) is 9. The Bertz CT molecular complexity index is 2180. The van der Waals surface area contributed by atoms with Crippen LogP contribution in [0.5, 0.6) is 0 Å². The Morgan fingerprint density at radius 2 is 1.75 bits per heavy atom. The van der Waals surface area contributed by atoms with Gasteiger partial charge in [0.2, 0.25) is 5.88 Å². The summed E-state index contributed by atoms with van der Waals surface area (Å²) >= 11 is 0. The molecule has 2 amide bonds. The highest BCUT2D eigenvalue weighted by Crippen LogP contribution is 2.36. The molecule has 13 nitrogen and oxygen atoms in total. The standard InChI is InChI=1S/C37H45N7O6S/c1-8-33-39-34-24(2)19-25(3)38-35(34)43(33)21-28-13-14-30(29(20-28)22-42-16-15-41(6)37(42)45)31-11-9-10-12-32(31)51(46,47)44(23-49-18-17-48-7)36-26(4)27(5)40-50-36/h9-14,19-20H,8,15-18,21-23H2,1-7H3. The smallest absolute Gasteiger partial charge is 0.320 e. The minimum absolute atomic E-state index is 0.0664. The van der Waals surface area contributed by atoms with E-state index in [0.717, 1.165) is 50.1 Å². The molecule has 0 bridgehead atoms. The zero-order valence-electron chi connectivity index (χ0n) is 30.3. The Labute approximate surface area is 298 Å². The zero-order chi connectivity index (χ0) is 36.4. The zero-order valence-corrected chi connectivity index (χ0v) is 31.1. The summed E-state index contributed by atoms with van der Waals surface area (Å²) in [6.45, 7) is 11.8. The van der Waals surface area contributed by atoms with Crippen LogP contribution in [0.25, 0.3) is 22.3 Å². The van der Waals surface area contributed by atoms with Crippen LogP contribution in [0.1, 0.15) is 46.4 Å². The number of anilines is 1. The summed E-state index contributed by atoms with van der Waals surface area (Å²) in [5, 5.41) is 4.02. The van der Waals surface area contributed by atoms with E-state index >= 15 is 0 Å². The van der Waals surface area contributed by atoms with Crippen LogP contribution in [0, 0.1) is 27.7 Å². The Morgan fingerprint density at radius 3 is 2.43 bits per heavy atom. The minimum Gasteiger partial charge on any atom is -0.382 e. The highest BCUT2D eigenvalue weighted by Gasteiger charge is 2.33. The van der Waals surface area contributed by atoms with Gasteiger partial charge >= 0.3 is 6.03 Å². The van der Waals surface area contributed by atoms with E-state index in [1.54, 1.807) is 56.0 Å². The molecular formula is C37H45N7O6S. The van der Waals surface area contributed by atoms with Crippen molar-refractivity contribution in [2.45, 2.75) is 59.0 Å². The Balaban J connectivity index is 1.46. The first-order valence-corrected chi connectivity index (χ1v) is 18.5. The number of likely N-dealkylation sites (N-methyl/N-ethyl adjacent to an activating group) is 1. The molecule has 6 rings (SSSR count). The van der Waals surface area contributed by atoms with Gasteiger partial charge in [0, 0.05) is 57.0 Å². The van der Waals surface area contributed by atoms with Gasteiger partial charge in [0.15, 0.2) is 5.65 Å². The number of methoxy groups -OCH3 is 1. The van der Waals surface area contributed by atoms with Crippen molar-refractivity contribution in [1.29, 1.82) is 0 Å². The number of benzene rings is 2. The van der Waals surface area contributed by atoms with Crippen molar-refractivity contribution in [2.24, 2.45) is 0 Å². The predicted molar refractivity (Wildman–Crippen MR) is 194 cm³/mol. The molecule has 0 spiro atoms. The predicted octanol–water partition coefficient (Wildman–Crippen LogP) is 5.61. The van der Waals surface area contributed by atoms with Gasteiger partial charge in [-0.3, -0.25) is 0 Å². The lowest BCUT2D eigenvalue weighted by Gasteiger charge is -2.24. The number of rotatable bonds is 14. The molecule has 0 aliphatic carbocycles. The molecule has 1 fully saturated rings. The first-order valence-electron chi connectivity index (χ1n) is 17.0. The van der Waals surface area contributed by atoms with Crippen molar-refractivity contribution in [1.82, 2.24) is 29.5 Å². The molecule has 5 aromatic rings. The highest BCUT2D eigenvalue weighted by atomic mass is 32.2. The summed E-state index contributed by atoms with van der Waals surface area (Å²) in [4.78, 5) is 26.4. The van der Waals surface area contributed by atoms with Crippen LogP contribution < -0.4 is 4.31 Å². The molecule has 0 N–H and O–H groups in total. The maximum atomic E-state index is 14.7. The fourth-order valence-corrected chi connectivity index (χ4v) is 8.00. The molecule has 1 aliphatic rings. The van der Waals surface area contributed by atoms with Crippen molar-refractivity contribution in [3.8, 4) is 11.1 Å². The number of aromatic nitrogens is 4. The molecule has 0 saturated carbocycles. The second kappa shape index (κ2) is 14.8. The monoisotopic (exact) mass is 715 g/mol. The van der Waals surface area contributed by atoms with Gasteiger partial charge in [-0.05, 0) is 62.1 Å². The number of carbonyl (C=O) groups is 1. The number of aryl methyl sites for hydroxylation is 4. The molecule has 4 heterocycles. The van der Waals surface area contributed by atoms with Gasteiger partial charge < -0.3 is 28.4 Å². The number of ether oxygens (including phenoxy) is 2.